The molecule has 1 amide bonds. The van der Waals surface area contributed by atoms with Crippen molar-refractivity contribution in [1.29, 1.82) is 0 Å². The Morgan fingerprint density at radius 2 is 1.87 bits per heavy atom. The third-order valence-electron chi connectivity index (χ3n) is 2.20. The van der Waals surface area contributed by atoms with Gasteiger partial charge in [-0.2, -0.15) is 0 Å². The van der Waals surface area contributed by atoms with Crippen molar-refractivity contribution in [2.75, 3.05) is 0 Å². The fraction of sp³-hybridized carbons (Fsp3) is 0.417. The number of hydrogen-bond acceptors (Lipinski definition) is 2. The summed E-state index contributed by atoms with van der Waals surface area (Å²) in [6.07, 6.45) is 0. The second kappa shape index (κ2) is 4.45. The van der Waals surface area contributed by atoms with Gasteiger partial charge in [0.2, 0.25) is 0 Å². The fourth-order valence-electron chi connectivity index (χ4n) is 1.30. The number of rotatable bonds is 3. The van der Waals surface area contributed by atoms with Gasteiger partial charge in [0.25, 0.3) is 5.91 Å². The third-order valence-corrected chi connectivity index (χ3v) is 2.20. The van der Waals surface area contributed by atoms with Crippen LogP contribution in [-0.2, 0) is 10.4 Å². The summed E-state index contributed by atoms with van der Waals surface area (Å²) in [5, 5.41) is 12.8. The minimum absolute atomic E-state index is 0.0210. The highest BCUT2D eigenvalue weighted by Gasteiger charge is 2.32. The van der Waals surface area contributed by atoms with Gasteiger partial charge < -0.3 is 10.4 Å². The molecule has 0 heterocycles. The lowest BCUT2D eigenvalue weighted by Gasteiger charge is -2.24. The molecule has 0 aliphatic heterocycles. The molecule has 0 bridgehead atoms. The van der Waals surface area contributed by atoms with Gasteiger partial charge in [-0.1, -0.05) is 30.3 Å². The molecule has 0 unspecified atom stereocenters. The van der Waals surface area contributed by atoms with E-state index in [1.165, 1.54) is 6.92 Å². The van der Waals surface area contributed by atoms with Crippen LogP contribution in [0.15, 0.2) is 30.3 Å². The van der Waals surface area contributed by atoms with Crippen LogP contribution in [0.4, 0.5) is 0 Å². The fourth-order valence-corrected chi connectivity index (χ4v) is 1.30. The Morgan fingerprint density at radius 3 is 2.33 bits per heavy atom. The number of carbonyl (C=O) groups is 1. The van der Waals surface area contributed by atoms with E-state index in [0.717, 1.165) is 0 Å². The number of benzene rings is 1. The molecule has 0 saturated heterocycles. The lowest BCUT2D eigenvalue weighted by molar-refractivity contribution is -0.139. The molecule has 1 aromatic rings. The molecule has 2 N–H and O–H groups in total. The van der Waals surface area contributed by atoms with Gasteiger partial charge in [-0.25, -0.2) is 0 Å². The van der Waals surface area contributed by atoms with E-state index in [1.54, 1.807) is 24.3 Å². The summed E-state index contributed by atoms with van der Waals surface area (Å²) in [6.45, 7) is 5.22. The van der Waals surface area contributed by atoms with E-state index in [1.807, 2.05) is 19.9 Å². The summed E-state index contributed by atoms with van der Waals surface area (Å²) in [5.41, 5.74) is -0.867. The molecule has 1 aromatic carbocycles. The average Bonchev–Trinajstić information content (AvgIpc) is 2.18. The number of carbonyl (C=O) groups excluding carboxylic acids is 1. The number of aliphatic hydroxyl groups is 1. The Morgan fingerprint density at radius 1 is 1.33 bits per heavy atom. The summed E-state index contributed by atoms with van der Waals surface area (Å²) in [5.74, 6) is -0.372. The molecule has 0 aliphatic carbocycles. The molecule has 0 saturated carbocycles. The maximum atomic E-state index is 11.7. The lowest BCUT2D eigenvalue weighted by Crippen LogP contribution is -2.44. The standard InChI is InChI=1S/C12H17NO2/c1-9(2)13-11(14)12(3,15)10-7-5-4-6-8-10/h4-9,15H,1-3H3,(H,13,14)/t12-/m0/s1. The summed E-state index contributed by atoms with van der Waals surface area (Å²) >= 11 is 0. The Hall–Kier alpha value is -1.35. The van der Waals surface area contributed by atoms with E-state index >= 15 is 0 Å². The van der Waals surface area contributed by atoms with Crippen molar-refractivity contribution in [3.8, 4) is 0 Å². The Labute approximate surface area is 90.1 Å². The summed E-state index contributed by atoms with van der Waals surface area (Å²) < 4.78 is 0. The van der Waals surface area contributed by atoms with Crippen molar-refractivity contribution in [3.05, 3.63) is 35.9 Å². The first-order chi connectivity index (χ1) is 6.94. The minimum atomic E-state index is -1.47. The zero-order chi connectivity index (χ0) is 11.5. The van der Waals surface area contributed by atoms with E-state index in [4.69, 9.17) is 0 Å². The Kier molecular flexibility index (Phi) is 3.48. The van der Waals surface area contributed by atoms with Crippen LogP contribution in [0.5, 0.6) is 0 Å². The predicted octanol–water partition coefficient (Wildman–Crippen LogP) is 1.42. The monoisotopic (exact) mass is 207 g/mol. The molecule has 0 aliphatic rings. The maximum absolute atomic E-state index is 11.7. The Balaban J connectivity index is 2.88. The Bertz CT molecular complexity index is 331. The van der Waals surface area contributed by atoms with Gasteiger partial charge in [-0.15, -0.1) is 0 Å². The summed E-state index contributed by atoms with van der Waals surface area (Å²) in [4.78, 5) is 11.7. The maximum Gasteiger partial charge on any atom is 0.256 e. The molecule has 15 heavy (non-hydrogen) atoms. The molecule has 3 heteroatoms. The van der Waals surface area contributed by atoms with Gasteiger partial charge >= 0.3 is 0 Å². The van der Waals surface area contributed by atoms with Gasteiger partial charge in [-0.3, -0.25) is 4.79 Å². The lowest BCUT2D eigenvalue weighted by atomic mass is 9.95. The van der Waals surface area contributed by atoms with Crippen LogP contribution >= 0.6 is 0 Å². The molecule has 0 aromatic heterocycles. The first-order valence-corrected chi connectivity index (χ1v) is 5.03. The number of hydrogen-bond donors (Lipinski definition) is 2. The van der Waals surface area contributed by atoms with Crippen LogP contribution < -0.4 is 5.32 Å². The summed E-state index contributed by atoms with van der Waals surface area (Å²) in [6, 6.07) is 8.94. The topological polar surface area (TPSA) is 49.3 Å². The van der Waals surface area contributed by atoms with Crippen molar-refractivity contribution in [1.82, 2.24) is 5.32 Å². The van der Waals surface area contributed by atoms with Crippen LogP contribution in [-0.4, -0.2) is 17.1 Å². The summed E-state index contributed by atoms with van der Waals surface area (Å²) in [7, 11) is 0. The first-order valence-electron chi connectivity index (χ1n) is 5.03. The van der Waals surface area contributed by atoms with Crippen LogP contribution in [0.1, 0.15) is 26.3 Å². The SMILES string of the molecule is CC(C)NC(=O)[C@@](C)(O)c1ccccc1. The number of amides is 1. The van der Waals surface area contributed by atoms with Crippen molar-refractivity contribution in [2.45, 2.75) is 32.4 Å². The van der Waals surface area contributed by atoms with Crippen LogP contribution in [0.2, 0.25) is 0 Å². The predicted molar refractivity (Wildman–Crippen MR) is 59.3 cm³/mol. The average molecular weight is 207 g/mol. The zero-order valence-electron chi connectivity index (χ0n) is 9.32. The largest absolute Gasteiger partial charge is 0.376 e. The second-order valence-electron chi connectivity index (χ2n) is 4.07. The van der Waals surface area contributed by atoms with Crippen molar-refractivity contribution < 1.29 is 9.90 Å². The van der Waals surface area contributed by atoms with Crippen LogP contribution in [0, 0.1) is 0 Å². The van der Waals surface area contributed by atoms with Crippen molar-refractivity contribution in [3.63, 3.8) is 0 Å². The van der Waals surface area contributed by atoms with E-state index in [9.17, 15) is 9.90 Å². The molecular weight excluding hydrogens is 190 g/mol. The zero-order valence-corrected chi connectivity index (χ0v) is 9.32. The van der Waals surface area contributed by atoms with Gasteiger partial charge in [0.15, 0.2) is 5.60 Å². The first kappa shape index (κ1) is 11.7. The highest BCUT2D eigenvalue weighted by atomic mass is 16.3. The minimum Gasteiger partial charge on any atom is -0.376 e. The van der Waals surface area contributed by atoms with E-state index in [0.29, 0.717) is 5.56 Å². The van der Waals surface area contributed by atoms with E-state index in [2.05, 4.69) is 5.32 Å². The normalized spacial score (nSPS) is 14.7. The van der Waals surface area contributed by atoms with Crippen molar-refractivity contribution in [2.24, 2.45) is 0 Å². The van der Waals surface area contributed by atoms with Crippen molar-refractivity contribution >= 4 is 5.91 Å². The molecule has 0 radical (unpaired) electrons. The molecule has 0 spiro atoms. The van der Waals surface area contributed by atoms with Gasteiger partial charge in [-0.05, 0) is 26.3 Å². The van der Waals surface area contributed by atoms with Gasteiger partial charge in [0, 0.05) is 6.04 Å². The molecule has 1 rings (SSSR count). The smallest absolute Gasteiger partial charge is 0.256 e. The number of nitrogens with one attached hydrogen (secondary N) is 1. The molecule has 82 valence electrons. The molecule has 3 nitrogen and oxygen atoms in total. The third kappa shape index (κ3) is 2.80. The van der Waals surface area contributed by atoms with Crippen LogP contribution in [0.25, 0.3) is 0 Å². The molecule has 1 atom stereocenters. The van der Waals surface area contributed by atoms with E-state index < -0.39 is 5.60 Å². The molecule has 0 fully saturated rings. The van der Waals surface area contributed by atoms with Gasteiger partial charge in [0.05, 0.1) is 0 Å². The van der Waals surface area contributed by atoms with E-state index in [-0.39, 0.29) is 11.9 Å². The second-order valence-corrected chi connectivity index (χ2v) is 4.07. The van der Waals surface area contributed by atoms with Gasteiger partial charge in [0.1, 0.15) is 0 Å². The highest BCUT2D eigenvalue weighted by Crippen LogP contribution is 2.20. The quantitative estimate of drug-likeness (QED) is 0.787. The van der Waals surface area contributed by atoms with Crippen LogP contribution in [0.3, 0.4) is 0 Å². The molecular formula is C12H17NO2. The highest BCUT2D eigenvalue weighted by molar-refractivity contribution is 5.85.